The van der Waals surface area contributed by atoms with Gasteiger partial charge in [0.25, 0.3) is 0 Å². The summed E-state index contributed by atoms with van der Waals surface area (Å²) in [5.41, 5.74) is 2.61. The molecule has 1 heterocycles. The van der Waals surface area contributed by atoms with Crippen LogP contribution in [-0.4, -0.2) is 33.1 Å². The Morgan fingerprint density at radius 1 is 1.12 bits per heavy atom. The summed E-state index contributed by atoms with van der Waals surface area (Å²) in [5, 5.41) is 8.90. The van der Waals surface area contributed by atoms with Crippen molar-refractivity contribution in [2.45, 2.75) is 26.3 Å². The number of aryl methyl sites for hydroxylation is 1. The molecule has 24 heavy (non-hydrogen) atoms. The lowest BCUT2D eigenvalue weighted by Crippen LogP contribution is -2.37. The molecule has 0 amide bonds. The van der Waals surface area contributed by atoms with Crippen molar-refractivity contribution in [2.24, 2.45) is 4.99 Å². The number of anilines is 1. The van der Waals surface area contributed by atoms with Crippen molar-refractivity contribution in [3.05, 3.63) is 52.2 Å². The molecule has 0 spiro atoms. The van der Waals surface area contributed by atoms with Crippen LogP contribution in [0.2, 0.25) is 0 Å². The van der Waals surface area contributed by atoms with E-state index in [0.717, 1.165) is 38.4 Å². The molecule has 1 aromatic carbocycles. The highest BCUT2D eigenvalue weighted by Gasteiger charge is 2.02. The van der Waals surface area contributed by atoms with Gasteiger partial charge in [0.1, 0.15) is 0 Å². The van der Waals surface area contributed by atoms with Gasteiger partial charge in [-0.05, 0) is 48.9 Å². The zero-order chi connectivity index (χ0) is 17.2. The molecule has 0 saturated heterocycles. The summed E-state index contributed by atoms with van der Waals surface area (Å²) in [6.45, 7) is 4.98. The Labute approximate surface area is 149 Å². The number of para-hydroxylation sites is 1. The van der Waals surface area contributed by atoms with Gasteiger partial charge in [-0.1, -0.05) is 18.2 Å². The number of hydrogen-bond donors (Lipinski definition) is 2. The van der Waals surface area contributed by atoms with E-state index in [4.69, 9.17) is 0 Å². The molecule has 0 radical (unpaired) electrons. The lowest BCUT2D eigenvalue weighted by Gasteiger charge is -2.19. The summed E-state index contributed by atoms with van der Waals surface area (Å²) >= 11 is 1.78. The van der Waals surface area contributed by atoms with Crippen molar-refractivity contribution in [3.63, 3.8) is 0 Å². The lowest BCUT2D eigenvalue weighted by atomic mass is 10.2. The Morgan fingerprint density at radius 2 is 1.92 bits per heavy atom. The highest BCUT2D eigenvalue weighted by molar-refractivity contribution is 7.10. The van der Waals surface area contributed by atoms with E-state index in [1.54, 1.807) is 11.3 Å². The SMILES string of the molecule is CN=C(NCCCCN(C)c1ccccc1)NCc1sccc1C. The van der Waals surface area contributed by atoms with E-state index in [-0.39, 0.29) is 0 Å². The van der Waals surface area contributed by atoms with E-state index in [2.05, 4.69) is 76.3 Å². The van der Waals surface area contributed by atoms with Crippen LogP contribution in [0.3, 0.4) is 0 Å². The summed E-state index contributed by atoms with van der Waals surface area (Å²) in [4.78, 5) is 7.95. The highest BCUT2D eigenvalue weighted by Crippen LogP contribution is 2.14. The van der Waals surface area contributed by atoms with E-state index in [1.807, 2.05) is 7.05 Å². The van der Waals surface area contributed by atoms with Crippen LogP contribution in [0.4, 0.5) is 5.69 Å². The van der Waals surface area contributed by atoms with Crippen molar-refractivity contribution >= 4 is 23.0 Å². The largest absolute Gasteiger partial charge is 0.375 e. The maximum Gasteiger partial charge on any atom is 0.191 e. The molecule has 0 aliphatic rings. The van der Waals surface area contributed by atoms with Crippen molar-refractivity contribution in [2.75, 3.05) is 32.1 Å². The first-order valence-electron chi connectivity index (χ1n) is 8.44. The van der Waals surface area contributed by atoms with Crippen LogP contribution in [0.15, 0.2) is 46.8 Å². The third kappa shape index (κ3) is 5.89. The van der Waals surface area contributed by atoms with Crippen LogP contribution in [0.25, 0.3) is 0 Å². The molecular formula is C19H28N4S. The molecule has 2 rings (SSSR count). The van der Waals surface area contributed by atoms with Crippen LogP contribution in [0, 0.1) is 6.92 Å². The summed E-state index contributed by atoms with van der Waals surface area (Å²) in [7, 11) is 3.96. The second-order valence-electron chi connectivity index (χ2n) is 5.84. The van der Waals surface area contributed by atoms with Crippen molar-refractivity contribution in [1.82, 2.24) is 10.6 Å². The zero-order valence-corrected chi connectivity index (χ0v) is 15.7. The van der Waals surface area contributed by atoms with E-state index < -0.39 is 0 Å². The molecule has 5 heteroatoms. The van der Waals surface area contributed by atoms with Gasteiger partial charge in [0.2, 0.25) is 0 Å². The normalized spacial score (nSPS) is 11.4. The summed E-state index contributed by atoms with van der Waals surface area (Å²) < 4.78 is 0. The average molecular weight is 345 g/mol. The summed E-state index contributed by atoms with van der Waals surface area (Å²) in [5.74, 6) is 0.874. The fourth-order valence-corrected chi connectivity index (χ4v) is 3.31. The average Bonchev–Trinajstić information content (AvgIpc) is 3.03. The molecule has 0 aliphatic carbocycles. The van der Waals surface area contributed by atoms with Crippen molar-refractivity contribution < 1.29 is 0 Å². The fraction of sp³-hybridized carbons (Fsp3) is 0.421. The standard InChI is InChI=1S/C19H28N4S/c1-16-11-14-24-18(16)15-22-19(20-2)21-12-7-8-13-23(3)17-9-5-4-6-10-17/h4-6,9-11,14H,7-8,12-13,15H2,1-3H3,(H2,20,21,22). The second kappa shape index (κ2) is 9.98. The van der Waals surface area contributed by atoms with Gasteiger partial charge in [0.05, 0.1) is 6.54 Å². The van der Waals surface area contributed by atoms with E-state index in [9.17, 15) is 0 Å². The molecule has 4 nitrogen and oxygen atoms in total. The Bertz CT molecular complexity index is 621. The van der Waals surface area contributed by atoms with Crippen molar-refractivity contribution in [1.29, 1.82) is 0 Å². The van der Waals surface area contributed by atoms with E-state index in [1.165, 1.54) is 16.1 Å². The molecule has 1 aromatic heterocycles. The number of hydrogen-bond acceptors (Lipinski definition) is 3. The summed E-state index contributed by atoms with van der Waals surface area (Å²) in [6.07, 6.45) is 2.27. The molecule has 0 fully saturated rings. The van der Waals surface area contributed by atoms with Gasteiger partial charge in [-0.15, -0.1) is 11.3 Å². The molecule has 2 aromatic rings. The minimum atomic E-state index is 0.833. The number of unbranched alkanes of at least 4 members (excludes halogenated alkanes) is 1. The Hall–Kier alpha value is -2.01. The molecule has 0 atom stereocenters. The van der Waals surface area contributed by atoms with Crippen LogP contribution in [0.5, 0.6) is 0 Å². The van der Waals surface area contributed by atoms with Gasteiger partial charge >= 0.3 is 0 Å². The monoisotopic (exact) mass is 344 g/mol. The minimum absolute atomic E-state index is 0.833. The van der Waals surface area contributed by atoms with Gasteiger partial charge < -0.3 is 15.5 Å². The number of aliphatic imine (C=N–C) groups is 1. The number of nitrogens with one attached hydrogen (secondary N) is 2. The van der Waals surface area contributed by atoms with Crippen LogP contribution in [-0.2, 0) is 6.54 Å². The fourth-order valence-electron chi connectivity index (χ4n) is 2.46. The third-order valence-corrected chi connectivity index (χ3v) is 5.04. The van der Waals surface area contributed by atoms with E-state index in [0.29, 0.717) is 0 Å². The lowest BCUT2D eigenvalue weighted by molar-refractivity contribution is 0.687. The van der Waals surface area contributed by atoms with Gasteiger partial charge in [0.15, 0.2) is 5.96 Å². The summed E-state index contributed by atoms with van der Waals surface area (Å²) in [6, 6.07) is 12.7. The number of rotatable bonds is 8. The molecule has 2 N–H and O–H groups in total. The number of guanidine groups is 1. The third-order valence-electron chi connectivity index (χ3n) is 4.02. The van der Waals surface area contributed by atoms with Gasteiger partial charge in [-0.3, -0.25) is 4.99 Å². The number of nitrogens with zero attached hydrogens (tertiary/aromatic N) is 2. The number of thiophene rings is 1. The molecule has 0 bridgehead atoms. The maximum absolute atomic E-state index is 4.29. The minimum Gasteiger partial charge on any atom is -0.375 e. The zero-order valence-electron chi connectivity index (χ0n) is 14.9. The van der Waals surface area contributed by atoms with Crippen LogP contribution >= 0.6 is 11.3 Å². The van der Waals surface area contributed by atoms with E-state index >= 15 is 0 Å². The van der Waals surface area contributed by atoms with Gasteiger partial charge in [0, 0.05) is 37.7 Å². The second-order valence-corrected chi connectivity index (χ2v) is 6.84. The smallest absolute Gasteiger partial charge is 0.191 e. The quantitative estimate of drug-likeness (QED) is 0.436. The Kier molecular flexibility index (Phi) is 7.62. The van der Waals surface area contributed by atoms with Crippen LogP contribution < -0.4 is 15.5 Å². The first-order valence-corrected chi connectivity index (χ1v) is 9.32. The van der Waals surface area contributed by atoms with Crippen LogP contribution in [0.1, 0.15) is 23.3 Å². The molecule has 0 unspecified atom stereocenters. The highest BCUT2D eigenvalue weighted by atomic mass is 32.1. The molecular weight excluding hydrogens is 316 g/mol. The molecule has 0 aliphatic heterocycles. The van der Waals surface area contributed by atoms with Crippen molar-refractivity contribution in [3.8, 4) is 0 Å². The molecule has 130 valence electrons. The first kappa shape index (κ1) is 18.3. The molecule has 0 saturated carbocycles. The maximum atomic E-state index is 4.29. The Balaban J connectivity index is 1.61. The van der Waals surface area contributed by atoms with Gasteiger partial charge in [-0.2, -0.15) is 0 Å². The predicted octanol–water partition coefficient (Wildman–Crippen LogP) is 3.64. The predicted molar refractivity (Wildman–Crippen MR) is 106 cm³/mol. The van der Waals surface area contributed by atoms with Gasteiger partial charge in [-0.25, -0.2) is 0 Å². The first-order chi connectivity index (χ1) is 11.7. The Morgan fingerprint density at radius 3 is 2.58 bits per heavy atom. The topological polar surface area (TPSA) is 39.7 Å². The number of benzene rings is 1.